The van der Waals surface area contributed by atoms with Gasteiger partial charge in [-0.05, 0) is 41.8 Å². The third-order valence-electron chi connectivity index (χ3n) is 4.90. The van der Waals surface area contributed by atoms with Crippen molar-refractivity contribution in [2.75, 3.05) is 19.6 Å². The molecule has 1 nitrogen and oxygen atoms in total. The van der Waals surface area contributed by atoms with Gasteiger partial charge in [-0.2, -0.15) is 0 Å². The van der Waals surface area contributed by atoms with Crippen molar-refractivity contribution in [1.29, 1.82) is 0 Å². The fraction of sp³-hybridized carbons (Fsp3) is 0.200. The highest BCUT2D eigenvalue weighted by atomic mass is 15.1. The van der Waals surface area contributed by atoms with Crippen molar-refractivity contribution in [3.05, 3.63) is 127 Å². The van der Waals surface area contributed by atoms with Gasteiger partial charge >= 0.3 is 0 Å². The smallest absolute Gasteiger partial charge is 0.00216 e. The molecular weight excluding hydrogens is 374 g/mol. The van der Waals surface area contributed by atoms with Gasteiger partial charge in [0.2, 0.25) is 0 Å². The minimum atomic E-state index is 1.14. The van der Waals surface area contributed by atoms with Gasteiger partial charge in [0.1, 0.15) is 0 Å². The number of rotatable bonds is 8. The molecule has 3 aromatic rings. The summed E-state index contributed by atoms with van der Waals surface area (Å²) in [6.07, 6.45) is 6.66. The zero-order chi connectivity index (χ0) is 22.7. The second-order valence-corrected chi connectivity index (χ2v) is 6.95. The van der Waals surface area contributed by atoms with Crippen LogP contribution >= 0.6 is 0 Å². The number of hydrogen-bond donors (Lipinski definition) is 0. The van der Waals surface area contributed by atoms with Crippen LogP contribution < -0.4 is 0 Å². The maximum atomic E-state index is 3.66. The summed E-state index contributed by atoms with van der Waals surface area (Å²) in [5.41, 5.74) is 4.90. The van der Waals surface area contributed by atoms with Crippen LogP contribution in [-0.2, 0) is 6.42 Å². The summed E-state index contributed by atoms with van der Waals surface area (Å²) in [4.78, 5) is 2.45. The van der Waals surface area contributed by atoms with Crippen LogP contribution in [0.5, 0.6) is 0 Å². The van der Waals surface area contributed by atoms with E-state index in [4.69, 9.17) is 0 Å². The van der Waals surface area contributed by atoms with Gasteiger partial charge in [-0.25, -0.2) is 0 Å². The first-order chi connectivity index (χ1) is 15.2. The largest absolute Gasteiger partial charge is 0.304 e. The van der Waals surface area contributed by atoms with Crippen LogP contribution in [0.4, 0.5) is 0 Å². The van der Waals surface area contributed by atoms with Crippen molar-refractivity contribution >= 4 is 18.2 Å². The Morgan fingerprint density at radius 1 is 0.581 bits per heavy atom. The number of benzene rings is 3. The molecule has 0 unspecified atom stereocenters. The number of hydrogen-bond acceptors (Lipinski definition) is 1. The van der Waals surface area contributed by atoms with Crippen LogP contribution in [0.2, 0.25) is 0 Å². The molecule has 162 valence electrons. The molecule has 0 aliphatic carbocycles. The minimum absolute atomic E-state index is 1.14. The maximum absolute atomic E-state index is 3.66. The van der Waals surface area contributed by atoms with Gasteiger partial charge in [0, 0.05) is 6.54 Å². The molecule has 0 amide bonds. The van der Waals surface area contributed by atoms with Crippen LogP contribution in [0.1, 0.15) is 36.1 Å². The third-order valence-corrected chi connectivity index (χ3v) is 4.90. The molecule has 0 N–H and O–H groups in total. The molecule has 0 saturated carbocycles. The average molecular weight is 412 g/mol. The summed E-state index contributed by atoms with van der Waals surface area (Å²) in [6.45, 7) is 18.9. The van der Waals surface area contributed by atoms with Crippen LogP contribution in [0.3, 0.4) is 0 Å². The van der Waals surface area contributed by atoms with Gasteiger partial charge in [0.15, 0.2) is 0 Å². The second-order valence-electron chi connectivity index (χ2n) is 6.95. The molecule has 0 radical (unpaired) electrons. The second kappa shape index (κ2) is 16.6. The van der Waals surface area contributed by atoms with E-state index in [1.807, 2.05) is 72.8 Å². The predicted octanol–water partition coefficient (Wildman–Crippen LogP) is 7.87. The molecule has 0 saturated heterocycles. The minimum Gasteiger partial charge on any atom is -0.304 e. The molecular formula is C30H37N. The Labute approximate surface area is 190 Å². The Hall–Kier alpha value is -3.16. The molecule has 1 heteroatoms. The van der Waals surface area contributed by atoms with Crippen LogP contribution in [0.15, 0.2) is 105 Å². The van der Waals surface area contributed by atoms with E-state index in [-0.39, 0.29) is 0 Å². The van der Waals surface area contributed by atoms with Crippen LogP contribution in [0, 0.1) is 0 Å². The highest BCUT2D eigenvalue weighted by molar-refractivity contribution is 5.53. The molecule has 0 bridgehead atoms. The lowest BCUT2D eigenvalue weighted by molar-refractivity contribution is 0.308. The van der Waals surface area contributed by atoms with Crippen molar-refractivity contribution < 1.29 is 0 Å². The van der Waals surface area contributed by atoms with E-state index in [9.17, 15) is 0 Å². The van der Waals surface area contributed by atoms with Gasteiger partial charge < -0.3 is 4.90 Å². The van der Waals surface area contributed by atoms with E-state index in [0.717, 1.165) is 24.2 Å². The van der Waals surface area contributed by atoms with E-state index >= 15 is 0 Å². The van der Waals surface area contributed by atoms with Gasteiger partial charge in [-0.3, -0.25) is 0 Å². The fourth-order valence-electron chi connectivity index (χ4n) is 2.83. The van der Waals surface area contributed by atoms with Crippen LogP contribution in [0.25, 0.3) is 18.2 Å². The Balaban J connectivity index is 0.000000240. The topological polar surface area (TPSA) is 3.24 Å². The van der Waals surface area contributed by atoms with Gasteiger partial charge in [-0.15, -0.1) is 0 Å². The molecule has 0 aliphatic rings. The van der Waals surface area contributed by atoms with Crippen molar-refractivity contribution in [1.82, 2.24) is 4.90 Å². The normalized spacial score (nSPS) is 9.52. The molecule has 0 aliphatic heterocycles. The molecule has 0 fully saturated rings. The lowest BCUT2D eigenvalue weighted by Crippen LogP contribution is -2.25. The summed E-state index contributed by atoms with van der Waals surface area (Å²) in [6, 6.07) is 28.8. The van der Waals surface area contributed by atoms with Crippen molar-refractivity contribution in [3.8, 4) is 0 Å². The molecule has 0 aromatic heterocycles. The highest BCUT2D eigenvalue weighted by Gasteiger charge is 1.98. The Kier molecular flexibility index (Phi) is 13.9. The van der Waals surface area contributed by atoms with Crippen molar-refractivity contribution in [2.24, 2.45) is 0 Å². The van der Waals surface area contributed by atoms with Gasteiger partial charge in [0.25, 0.3) is 0 Å². The van der Waals surface area contributed by atoms with E-state index in [1.165, 1.54) is 24.1 Å². The Morgan fingerprint density at radius 2 is 0.968 bits per heavy atom. The molecule has 3 aromatic carbocycles. The third kappa shape index (κ3) is 11.6. The highest BCUT2D eigenvalue weighted by Crippen LogP contribution is 2.05. The Bertz CT molecular complexity index is 817. The first-order valence-electron chi connectivity index (χ1n) is 10.9. The van der Waals surface area contributed by atoms with Crippen molar-refractivity contribution in [3.63, 3.8) is 0 Å². The van der Waals surface area contributed by atoms with E-state index in [0.29, 0.717) is 0 Å². The SMILES string of the molecule is C=Cc1ccc(C=C)cc1.C=Cc1ccccc1.CCN(CC)CCc1ccccc1. The van der Waals surface area contributed by atoms with Crippen molar-refractivity contribution in [2.45, 2.75) is 20.3 Å². The van der Waals surface area contributed by atoms with Crippen LogP contribution in [-0.4, -0.2) is 24.5 Å². The summed E-state index contributed by atoms with van der Waals surface area (Å²) >= 11 is 0. The van der Waals surface area contributed by atoms with E-state index < -0.39 is 0 Å². The Morgan fingerprint density at radius 3 is 1.32 bits per heavy atom. The molecule has 0 atom stereocenters. The lowest BCUT2D eigenvalue weighted by atomic mass is 10.1. The van der Waals surface area contributed by atoms with Gasteiger partial charge in [0.05, 0.1) is 0 Å². The summed E-state index contributed by atoms with van der Waals surface area (Å²) in [7, 11) is 0. The maximum Gasteiger partial charge on any atom is 0.00216 e. The fourth-order valence-corrected chi connectivity index (χ4v) is 2.83. The van der Waals surface area contributed by atoms with Gasteiger partial charge in [-0.1, -0.05) is 137 Å². The summed E-state index contributed by atoms with van der Waals surface area (Å²) in [5, 5.41) is 0. The molecule has 0 heterocycles. The standard InChI is InChI=1S/C12H19N.C10H10.C8H8/c1-3-13(4-2)11-10-12-8-6-5-7-9-12;1-3-9-5-7-10(4-2)8-6-9;1-2-8-6-4-3-5-7-8/h5-9H,3-4,10-11H2,1-2H3;3-8H,1-2H2;2-7H,1H2. The zero-order valence-corrected chi connectivity index (χ0v) is 19.2. The molecule has 31 heavy (non-hydrogen) atoms. The predicted molar refractivity (Wildman–Crippen MR) is 141 cm³/mol. The van der Waals surface area contributed by atoms with E-state index in [1.54, 1.807) is 0 Å². The first kappa shape index (κ1) is 25.9. The quantitative estimate of drug-likeness (QED) is 0.364. The van der Waals surface area contributed by atoms with E-state index in [2.05, 4.69) is 68.8 Å². The number of nitrogens with zero attached hydrogens (tertiary/aromatic N) is 1. The monoisotopic (exact) mass is 411 g/mol. The number of likely N-dealkylation sites (N-methyl/N-ethyl adjacent to an activating group) is 1. The zero-order valence-electron chi connectivity index (χ0n) is 19.2. The lowest BCUT2D eigenvalue weighted by Gasteiger charge is -2.17. The summed E-state index contributed by atoms with van der Waals surface area (Å²) < 4.78 is 0. The molecule has 3 rings (SSSR count). The first-order valence-corrected chi connectivity index (χ1v) is 10.9. The average Bonchev–Trinajstić information content (AvgIpc) is 2.86. The summed E-state index contributed by atoms with van der Waals surface area (Å²) in [5.74, 6) is 0. The molecule has 0 spiro atoms.